The van der Waals surface area contributed by atoms with Crippen LogP contribution in [0.5, 0.6) is 11.5 Å². The second kappa shape index (κ2) is 12.2. The summed E-state index contributed by atoms with van der Waals surface area (Å²) in [7, 11) is 0. The van der Waals surface area contributed by atoms with Gasteiger partial charge in [0.25, 0.3) is 11.8 Å². The number of hydrogen-bond acceptors (Lipinski definition) is 5. The van der Waals surface area contributed by atoms with Crippen molar-refractivity contribution in [1.82, 2.24) is 0 Å². The highest BCUT2D eigenvalue weighted by Crippen LogP contribution is 2.33. The minimum Gasteiger partial charge on any atom is -0.490 e. The van der Waals surface area contributed by atoms with Gasteiger partial charge in [-0.1, -0.05) is 66.2 Å². The van der Waals surface area contributed by atoms with Gasteiger partial charge >= 0.3 is 0 Å². The molecule has 8 heteroatoms. The Kier molecular flexibility index (Phi) is 8.24. The van der Waals surface area contributed by atoms with E-state index >= 15 is 0 Å². The van der Waals surface area contributed by atoms with Crippen molar-refractivity contribution in [3.63, 3.8) is 0 Å². The van der Waals surface area contributed by atoms with Crippen molar-refractivity contribution in [2.45, 2.75) is 13.5 Å². The van der Waals surface area contributed by atoms with Crippen LogP contribution in [0.3, 0.4) is 0 Å². The average molecular weight is 569 g/mol. The van der Waals surface area contributed by atoms with E-state index < -0.39 is 11.8 Å². The number of hydrogen-bond donors (Lipinski definition) is 0. The van der Waals surface area contributed by atoms with Crippen molar-refractivity contribution in [3.8, 4) is 11.5 Å². The van der Waals surface area contributed by atoms with Crippen LogP contribution >= 0.6 is 23.8 Å². The van der Waals surface area contributed by atoms with E-state index in [-0.39, 0.29) is 10.7 Å². The summed E-state index contributed by atoms with van der Waals surface area (Å²) in [4.78, 5) is 30.2. The number of anilines is 2. The Hall–Kier alpha value is -4.46. The van der Waals surface area contributed by atoms with Crippen LogP contribution in [0.1, 0.15) is 18.1 Å². The molecular formula is C32H25ClN2O4S. The molecule has 0 aliphatic carbocycles. The Morgan fingerprint density at radius 2 is 1.32 bits per heavy atom. The lowest BCUT2D eigenvalue weighted by Gasteiger charge is -2.36. The number of halogens is 1. The fourth-order valence-electron chi connectivity index (χ4n) is 4.25. The van der Waals surface area contributed by atoms with Crippen molar-refractivity contribution < 1.29 is 19.1 Å². The predicted molar refractivity (Wildman–Crippen MR) is 162 cm³/mol. The lowest BCUT2D eigenvalue weighted by Crippen LogP contribution is -2.56. The monoisotopic (exact) mass is 568 g/mol. The Balaban J connectivity index is 1.51. The summed E-state index contributed by atoms with van der Waals surface area (Å²) in [6.45, 7) is 2.61. The first-order chi connectivity index (χ1) is 19.5. The summed E-state index contributed by atoms with van der Waals surface area (Å²) in [6, 6.07) is 30.8. The highest BCUT2D eigenvalue weighted by atomic mass is 35.5. The van der Waals surface area contributed by atoms with Crippen molar-refractivity contribution in [2.75, 3.05) is 16.4 Å². The maximum atomic E-state index is 13.7. The third-order valence-electron chi connectivity index (χ3n) is 6.16. The van der Waals surface area contributed by atoms with E-state index in [2.05, 4.69) is 0 Å². The van der Waals surface area contributed by atoms with E-state index in [0.717, 1.165) is 5.56 Å². The molecule has 0 atom stereocenters. The average Bonchev–Trinajstić information content (AvgIpc) is 2.97. The van der Waals surface area contributed by atoms with Crippen LogP contribution in [0.2, 0.25) is 5.02 Å². The van der Waals surface area contributed by atoms with Gasteiger partial charge in [0.2, 0.25) is 0 Å². The first kappa shape index (κ1) is 27.1. The molecule has 200 valence electrons. The highest BCUT2D eigenvalue weighted by molar-refractivity contribution is 7.81. The fourth-order valence-corrected chi connectivity index (χ4v) is 4.75. The van der Waals surface area contributed by atoms with Gasteiger partial charge in [0.05, 0.1) is 18.0 Å². The van der Waals surface area contributed by atoms with Gasteiger partial charge in [0.15, 0.2) is 16.6 Å². The van der Waals surface area contributed by atoms with E-state index in [1.807, 2.05) is 55.5 Å². The van der Waals surface area contributed by atoms with E-state index in [1.54, 1.807) is 60.7 Å². The summed E-state index contributed by atoms with van der Waals surface area (Å²) >= 11 is 11.7. The van der Waals surface area contributed by atoms with Gasteiger partial charge < -0.3 is 9.47 Å². The number of thiocarbonyl (C=S) groups is 1. The van der Waals surface area contributed by atoms with Crippen LogP contribution < -0.4 is 19.3 Å². The van der Waals surface area contributed by atoms with Crippen LogP contribution in [-0.2, 0) is 16.2 Å². The normalized spacial score (nSPS) is 13.4. The van der Waals surface area contributed by atoms with Gasteiger partial charge in [0, 0.05) is 5.02 Å². The molecule has 1 aliphatic rings. The molecule has 4 aromatic carbocycles. The number of nitrogens with zero attached hydrogens (tertiary/aromatic N) is 2. The summed E-state index contributed by atoms with van der Waals surface area (Å²) in [5, 5.41) is 0.742. The summed E-state index contributed by atoms with van der Waals surface area (Å²) < 4.78 is 11.8. The number of carbonyl (C=O) groups excluding carboxylic acids is 2. The first-order valence-electron chi connectivity index (χ1n) is 12.6. The molecule has 1 aliphatic heterocycles. The van der Waals surface area contributed by atoms with Gasteiger partial charge in [-0.3, -0.25) is 19.4 Å². The second-order valence-corrected chi connectivity index (χ2v) is 9.65. The van der Waals surface area contributed by atoms with Crippen LogP contribution in [0.15, 0.2) is 109 Å². The van der Waals surface area contributed by atoms with E-state index in [0.29, 0.717) is 46.7 Å². The Morgan fingerprint density at radius 3 is 1.88 bits per heavy atom. The molecule has 6 nitrogen and oxygen atoms in total. The Bertz CT molecular complexity index is 1510. The van der Waals surface area contributed by atoms with E-state index in [1.165, 1.54) is 9.80 Å². The molecule has 2 amide bonds. The maximum Gasteiger partial charge on any atom is 0.270 e. The number of para-hydroxylation sites is 2. The number of rotatable bonds is 8. The number of ether oxygens (including phenoxy) is 2. The number of benzene rings is 4. The second-order valence-electron chi connectivity index (χ2n) is 8.85. The molecule has 1 fully saturated rings. The molecule has 0 unspecified atom stereocenters. The lowest BCUT2D eigenvalue weighted by molar-refractivity contribution is -0.120. The molecular weight excluding hydrogens is 544 g/mol. The molecule has 40 heavy (non-hydrogen) atoms. The van der Waals surface area contributed by atoms with Gasteiger partial charge in [-0.15, -0.1) is 0 Å². The fraction of sp³-hybridized carbons (Fsp3) is 0.0938. The zero-order chi connectivity index (χ0) is 28.1. The minimum atomic E-state index is -0.505. The van der Waals surface area contributed by atoms with Gasteiger partial charge in [0.1, 0.15) is 12.2 Å². The Morgan fingerprint density at radius 1 is 0.750 bits per heavy atom. The summed E-state index contributed by atoms with van der Waals surface area (Å²) in [5.74, 6) is 0.0268. The molecule has 0 bridgehead atoms. The van der Waals surface area contributed by atoms with Crippen molar-refractivity contribution in [3.05, 3.63) is 125 Å². The molecule has 5 rings (SSSR count). The number of amides is 2. The third kappa shape index (κ3) is 5.76. The molecule has 0 spiro atoms. The molecule has 4 aromatic rings. The maximum absolute atomic E-state index is 13.7. The lowest BCUT2D eigenvalue weighted by atomic mass is 10.0. The molecule has 0 N–H and O–H groups in total. The van der Waals surface area contributed by atoms with Crippen LogP contribution in [-0.4, -0.2) is 23.5 Å². The standard InChI is InChI=1S/C32H25ClN2O4S/c1-2-38-29-20-23(15-18-28(29)39-21-22-13-16-24(33)17-14-22)19-27-30(36)34(25-9-5-3-6-10-25)32(40)35(31(27)37)26-11-7-4-8-12-26/h3-20H,2,21H2,1H3. The van der Waals surface area contributed by atoms with E-state index in [9.17, 15) is 9.59 Å². The largest absolute Gasteiger partial charge is 0.490 e. The quantitative estimate of drug-likeness (QED) is 0.129. The molecule has 1 saturated heterocycles. The van der Waals surface area contributed by atoms with E-state index in [4.69, 9.17) is 33.3 Å². The van der Waals surface area contributed by atoms with Crippen LogP contribution in [0.4, 0.5) is 11.4 Å². The smallest absolute Gasteiger partial charge is 0.270 e. The van der Waals surface area contributed by atoms with Crippen molar-refractivity contribution in [2.24, 2.45) is 0 Å². The summed E-state index contributed by atoms with van der Waals surface area (Å²) in [5.41, 5.74) is 2.66. The third-order valence-corrected chi connectivity index (χ3v) is 6.78. The van der Waals surface area contributed by atoms with Crippen LogP contribution in [0, 0.1) is 0 Å². The zero-order valence-corrected chi connectivity index (χ0v) is 23.2. The highest BCUT2D eigenvalue weighted by Gasteiger charge is 2.41. The van der Waals surface area contributed by atoms with Crippen molar-refractivity contribution >= 4 is 58.2 Å². The van der Waals surface area contributed by atoms with Gasteiger partial charge in [-0.25, -0.2) is 0 Å². The van der Waals surface area contributed by atoms with Crippen molar-refractivity contribution in [1.29, 1.82) is 0 Å². The first-order valence-corrected chi connectivity index (χ1v) is 13.4. The molecule has 0 saturated carbocycles. The molecule has 0 aromatic heterocycles. The molecule has 1 heterocycles. The SMILES string of the molecule is CCOc1cc(C=C2C(=O)N(c3ccccc3)C(=S)N(c3ccccc3)C2=O)ccc1OCc1ccc(Cl)cc1. The Labute approximate surface area is 243 Å². The molecule has 0 radical (unpaired) electrons. The topological polar surface area (TPSA) is 59.1 Å². The summed E-state index contributed by atoms with van der Waals surface area (Å²) in [6.07, 6.45) is 1.56. The minimum absolute atomic E-state index is 0.0291. The zero-order valence-electron chi connectivity index (χ0n) is 21.6. The van der Waals surface area contributed by atoms with Crippen LogP contribution in [0.25, 0.3) is 6.08 Å². The predicted octanol–water partition coefficient (Wildman–Crippen LogP) is 7.07. The van der Waals surface area contributed by atoms with Gasteiger partial charge in [-0.05, 0) is 84.9 Å². The number of carbonyl (C=O) groups is 2. The van der Waals surface area contributed by atoms with Gasteiger partial charge in [-0.2, -0.15) is 0 Å².